The van der Waals surface area contributed by atoms with Gasteiger partial charge in [-0.3, -0.25) is 4.79 Å². The Morgan fingerprint density at radius 3 is 2.69 bits per heavy atom. The number of benzene rings is 1. The molecular formula is C26H26ClF3N4O. The van der Waals surface area contributed by atoms with E-state index in [0.29, 0.717) is 30.4 Å². The number of likely N-dealkylation sites (tertiary alicyclic amines) is 1. The smallest absolute Gasteiger partial charge is 0.334 e. The van der Waals surface area contributed by atoms with Crippen LogP contribution in [0.4, 0.5) is 13.2 Å². The summed E-state index contributed by atoms with van der Waals surface area (Å²) >= 11 is 6.61. The van der Waals surface area contributed by atoms with Crippen LogP contribution in [0.1, 0.15) is 66.3 Å². The zero-order valence-corrected chi connectivity index (χ0v) is 20.2. The van der Waals surface area contributed by atoms with Gasteiger partial charge in [0.1, 0.15) is 5.02 Å². The van der Waals surface area contributed by atoms with Crippen molar-refractivity contribution in [2.45, 2.75) is 64.1 Å². The summed E-state index contributed by atoms with van der Waals surface area (Å²) in [6, 6.07) is 7.42. The Labute approximate surface area is 206 Å². The van der Waals surface area contributed by atoms with Crippen LogP contribution in [0.5, 0.6) is 0 Å². The van der Waals surface area contributed by atoms with E-state index < -0.39 is 17.8 Å². The summed E-state index contributed by atoms with van der Waals surface area (Å²) in [5.41, 5.74) is 0.828. The maximum absolute atomic E-state index is 14.4. The van der Waals surface area contributed by atoms with Gasteiger partial charge in [0.05, 0.1) is 5.69 Å². The predicted molar refractivity (Wildman–Crippen MR) is 126 cm³/mol. The fourth-order valence-corrected chi connectivity index (χ4v) is 6.84. The lowest BCUT2D eigenvalue weighted by Crippen LogP contribution is -2.53. The van der Waals surface area contributed by atoms with Crippen molar-refractivity contribution < 1.29 is 18.0 Å². The molecule has 1 saturated carbocycles. The van der Waals surface area contributed by atoms with Crippen LogP contribution in [0.15, 0.2) is 24.3 Å². The van der Waals surface area contributed by atoms with Gasteiger partial charge in [0.2, 0.25) is 0 Å². The molecule has 1 aromatic carbocycles. The molecule has 35 heavy (non-hydrogen) atoms. The number of amides is 1. The molecule has 0 radical (unpaired) electrons. The van der Waals surface area contributed by atoms with Crippen LogP contribution in [0.25, 0.3) is 16.9 Å². The minimum atomic E-state index is -4.68. The second-order valence-electron chi connectivity index (χ2n) is 10.1. The predicted octanol–water partition coefficient (Wildman–Crippen LogP) is 6.21. The average Bonchev–Trinajstić information content (AvgIpc) is 3.17. The fraction of sp³-hybridized carbons (Fsp3) is 0.500. The molecule has 2 aliphatic carbocycles. The first-order chi connectivity index (χ1) is 16.8. The van der Waals surface area contributed by atoms with Gasteiger partial charge in [-0.15, -0.1) is 0 Å². The Kier molecular flexibility index (Phi) is 5.36. The van der Waals surface area contributed by atoms with Crippen molar-refractivity contribution in [3.05, 3.63) is 51.8 Å². The molecule has 3 atom stereocenters. The van der Waals surface area contributed by atoms with Crippen molar-refractivity contribution in [3.8, 4) is 11.3 Å². The molecule has 3 aromatic rings. The van der Waals surface area contributed by atoms with E-state index in [2.05, 4.69) is 17.0 Å². The lowest BCUT2D eigenvalue weighted by Gasteiger charge is -2.47. The number of rotatable bonds is 1. The van der Waals surface area contributed by atoms with Crippen LogP contribution < -0.4 is 0 Å². The number of aryl methyl sites for hydroxylation is 1. The normalized spacial score (nSPS) is 24.1. The molecule has 0 spiro atoms. The number of aromatic nitrogens is 3. The SMILES string of the molecule is C[C@H]1CCC[C@@H]2CCCN(C(=O)c3nn4c(C(F)(F)F)c5c(nc4c3Cl)-c3ccccc3CC5)[C@@H]21. The number of hydrogen-bond acceptors (Lipinski definition) is 3. The molecule has 1 saturated heterocycles. The Morgan fingerprint density at radius 2 is 1.89 bits per heavy atom. The molecule has 0 unspecified atom stereocenters. The number of piperidine rings is 1. The van der Waals surface area contributed by atoms with Crippen LogP contribution in [0.2, 0.25) is 5.02 Å². The van der Waals surface area contributed by atoms with Crippen molar-refractivity contribution in [2.24, 2.45) is 11.8 Å². The van der Waals surface area contributed by atoms with Gasteiger partial charge in [-0.25, -0.2) is 9.50 Å². The molecule has 0 bridgehead atoms. The van der Waals surface area contributed by atoms with Crippen molar-refractivity contribution in [1.29, 1.82) is 0 Å². The van der Waals surface area contributed by atoms with Gasteiger partial charge < -0.3 is 4.90 Å². The molecular weight excluding hydrogens is 477 g/mol. The van der Waals surface area contributed by atoms with Gasteiger partial charge in [-0.1, -0.05) is 49.2 Å². The maximum Gasteiger partial charge on any atom is 0.433 e. The van der Waals surface area contributed by atoms with Crippen molar-refractivity contribution in [2.75, 3.05) is 6.54 Å². The van der Waals surface area contributed by atoms with Gasteiger partial charge in [0, 0.05) is 23.7 Å². The molecule has 2 aromatic heterocycles. The van der Waals surface area contributed by atoms with Crippen LogP contribution in [-0.2, 0) is 19.0 Å². The Hall–Kier alpha value is -2.61. The van der Waals surface area contributed by atoms with E-state index in [1.54, 1.807) is 12.1 Å². The van der Waals surface area contributed by atoms with Gasteiger partial charge in [0.15, 0.2) is 17.0 Å². The lowest BCUT2D eigenvalue weighted by atomic mass is 9.73. The second-order valence-corrected chi connectivity index (χ2v) is 10.5. The molecule has 2 fully saturated rings. The minimum Gasteiger partial charge on any atom is -0.334 e. The lowest BCUT2D eigenvalue weighted by molar-refractivity contribution is -0.143. The second kappa shape index (κ2) is 8.22. The third-order valence-electron chi connectivity index (χ3n) is 8.09. The molecule has 9 heteroatoms. The van der Waals surface area contributed by atoms with Crippen molar-refractivity contribution in [3.63, 3.8) is 0 Å². The summed E-state index contributed by atoms with van der Waals surface area (Å²) in [5, 5.41) is 4.08. The molecule has 3 heterocycles. The van der Waals surface area contributed by atoms with Crippen LogP contribution in [0.3, 0.4) is 0 Å². The summed E-state index contributed by atoms with van der Waals surface area (Å²) < 4.78 is 44.0. The highest BCUT2D eigenvalue weighted by Gasteiger charge is 2.44. The topological polar surface area (TPSA) is 50.5 Å². The van der Waals surface area contributed by atoms with E-state index in [-0.39, 0.29) is 40.1 Å². The van der Waals surface area contributed by atoms with E-state index in [4.69, 9.17) is 11.6 Å². The first kappa shape index (κ1) is 22.8. The quantitative estimate of drug-likeness (QED) is 0.397. The summed E-state index contributed by atoms with van der Waals surface area (Å²) in [4.78, 5) is 20.1. The Balaban J connectivity index is 1.52. The Bertz CT molecular complexity index is 1330. The third-order valence-corrected chi connectivity index (χ3v) is 8.44. The third kappa shape index (κ3) is 3.55. The average molecular weight is 503 g/mol. The van der Waals surface area contributed by atoms with Gasteiger partial charge in [-0.05, 0) is 55.9 Å². The number of fused-ring (bicyclic) bond motifs is 5. The molecule has 6 rings (SSSR count). The maximum atomic E-state index is 14.4. The molecule has 1 amide bonds. The highest BCUT2D eigenvalue weighted by Crippen LogP contribution is 2.43. The number of nitrogens with zero attached hydrogens (tertiary/aromatic N) is 4. The Morgan fingerprint density at radius 1 is 1.11 bits per heavy atom. The van der Waals surface area contributed by atoms with E-state index in [1.165, 1.54) is 0 Å². The standard InChI is InChI=1S/C26H26ClF3N4O/c1-14-6-4-8-16-9-5-13-33(22(14)16)25(35)21-19(27)24-31-20-17-10-3-2-7-15(17)11-12-18(20)23(26(28,29)30)34(24)32-21/h2-3,7,10,14,16,22H,4-6,8-9,11-13H2,1H3/t14-,16+,22+/m0/s1. The van der Waals surface area contributed by atoms with Gasteiger partial charge in [-0.2, -0.15) is 18.3 Å². The zero-order valence-electron chi connectivity index (χ0n) is 19.4. The first-order valence-corrected chi connectivity index (χ1v) is 12.7. The number of halogens is 4. The minimum absolute atomic E-state index is 0.0704. The first-order valence-electron chi connectivity index (χ1n) is 12.3. The van der Waals surface area contributed by atoms with E-state index in [1.807, 2.05) is 17.0 Å². The highest BCUT2D eigenvalue weighted by atomic mass is 35.5. The molecule has 5 nitrogen and oxygen atoms in total. The van der Waals surface area contributed by atoms with Crippen molar-refractivity contribution in [1.82, 2.24) is 19.5 Å². The summed E-state index contributed by atoms with van der Waals surface area (Å²) in [6.45, 7) is 2.72. The monoisotopic (exact) mass is 502 g/mol. The number of carbonyl (C=O) groups is 1. The van der Waals surface area contributed by atoms with E-state index in [0.717, 1.165) is 42.2 Å². The van der Waals surface area contributed by atoms with Crippen LogP contribution in [-0.4, -0.2) is 38.0 Å². The largest absolute Gasteiger partial charge is 0.433 e. The number of alkyl halides is 3. The molecule has 3 aliphatic rings. The number of carbonyl (C=O) groups excluding carboxylic acids is 1. The molecule has 0 N–H and O–H groups in total. The summed E-state index contributed by atoms with van der Waals surface area (Å²) in [5.74, 6) is 0.358. The molecule has 184 valence electrons. The molecule has 1 aliphatic heterocycles. The van der Waals surface area contributed by atoms with Crippen LogP contribution in [0, 0.1) is 11.8 Å². The van der Waals surface area contributed by atoms with E-state index >= 15 is 0 Å². The number of hydrogen-bond donors (Lipinski definition) is 0. The fourth-order valence-electron chi connectivity index (χ4n) is 6.60. The van der Waals surface area contributed by atoms with Gasteiger partial charge in [0.25, 0.3) is 5.91 Å². The summed E-state index contributed by atoms with van der Waals surface area (Å²) in [6.07, 6.45) is 1.20. The van der Waals surface area contributed by atoms with Gasteiger partial charge >= 0.3 is 6.18 Å². The zero-order chi connectivity index (χ0) is 24.5. The van der Waals surface area contributed by atoms with Crippen molar-refractivity contribution >= 4 is 23.2 Å². The van der Waals surface area contributed by atoms with E-state index in [9.17, 15) is 18.0 Å². The summed E-state index contributed by atoms with van der Waals surface area (Å²) in [7, 11) is 0. The van der Waals surface area contributed by atoms with Crippen LogP contribution >= 0.6 is 11.6 Å². The highest BCUT2D eigenvalue weighted by molar-refractivity contribution is 6.36.